The second-order valence-electron chi connectivity index (χ2n) is 17.3. The number of hydrogen-bond donors (Lipinski definition) is 16. The van der Waals surface area contributed by atoms with Gasteiger partial charge in [0.15, 0.2) is 0 Å². The third-order valence-corrected chi connectivity index (χ3v) is 10.6. The molecule has 72 heavy (non-hydrogen) atoms. The molecule has 1 rings (SSSR count). The number of carboxylic acids is 4. The van der Waals surface area contributed by atoms with Crippen LogP contribution in [0.3, 0.4) is 0 Å². The fraction of sp³-hybridized carbons (Fsp3) is 0.591. The second-order valence-corrected chi connectivity index (χ2v) is 17.3. The van der Waals surface area contributed by atoms with Gasteiger partial charge in [-0.1, -0.05) is 26.0 Å². The summed E-state index contributed by atoms with van der Waals surface area (Å²) in [5.41, 5.74) is 17.0. The number of aliphatic hydroxyl groups excluding tert-OH is 1. The topological polar surface area (TPSA) is 488 Å². The number of phenolic OH excluding ortho intramolecular Hbond substituents is 1. The van der Waals surface area contributed by atoms with Gasteiger partial charge < -0.3 is 85.1 Å². The maximum Gasteiger partial charge on any atom is 0.326 e. The van der Waals surface area contributed by atoms with Gasteiger partial charge in [-0.25, -0.2) is 4.79 Å². The maximum atomic E-state index is 14.1. The number of carboxylic acid groups (broad SMARTS) is 4. The molecule has 28 heteroatoms. The normalized spacial score (nSPS) is 14.8. The van der Waals surface area contributed by atoms with Crippen molar-refractivity contribution in [2.75, 3.05) is 6.54 Å². The van der Waals surface area contributed by atoms with E-state index in [1.807, 2.05) is 0 Å². The molecule has 9 atom stereocenters. The number of nitrogens with one attached hydrogen (secondary N) is 7. The first kappa shape index (κ1) is 62.6. The Hall–Kier alpha value is -7.46. The fourth-order valence-electron chi connectivity index (χ4n) is 6.75. The van der Waals surface area contributed by atoms with Crippen LogP contribution < -0.4 is 54.4 Å². The van der Waals surface area contributed by atoms with E-state index in [2.05, 4.69) is 37.2 Å². The summed E-state index contributed by atoms with van der Waals surface area (Å²) in [6.07, 6.45) is -6.37. The molecular weight excluding hydrogens is 957 g/mol. The SMILES string of the molecule is CC(C)C[C@H](N)C(=O)N[C@@H](CCC(=O)O)C(=O)N[C@H](C(=O)N[C@@H](Cc1ccc(O)cc1)C(=O)N[C@@H](CCC(=O)O)C(=O)N[C@@H](CC(N)=O)C(=O)N[C@@H](CCC(=O)O)C(=O)N[C@@H](CCCCN)C(=O)O)[C@@H](C)O. The van der Waals surface area contributed by atoms with E-state index in [9.17, 15) is 88.2 Å². The Kier molecular flexibility index (Phi) is 27.5. The molecule has 0 aromatic heterocycles. The average molecular weight is 1030 g/mol. The number of amides is 8. The van der Waals surface area contributed by atoms with Gasteiger partial charge in [-0.3, -0.25) is 52.7 Å². The molecule has 0 aliphatic rings. The lowest BCUT2D eigenvalue weighted by Crippen LogP contribution is -2.62. The number of nitrogens with two attached hydrogens (primary N) is 3. The molecule has 19 N–H and O–H groups in total. The van der Waals surface area contributed by atoms with Crippen molar-refractivity contribution in [3.05, 3.63) is 29.8 Å². The minimum Gasteiger partial charge on any atom is -0.508 e. The van der Waals surface area contributed by atoms with E-state index in [1.54, 1.807) is 13.8 Å². The van der Waals surface area contributed by atoms with Crippen LogP contribution in [0.1, 0.15) is 97.0 Å². The molecule has 0 bridgehead atoms. The summed E-state index contributed by atoms with van der Waals surface area (Å²) in [5.74, 6) is -15.3. The summed E-state index contributed by atoms with van der Waals surface area (Å²) < 4.78 is 0. The van der Waals surface area contributed by atoms with Gasteiger partial charge in [0, 0.05) is 25.7 Å². The van der Waals surface area contributed by atoms with Crippen molar-refractivity contribution >= 4 is 71.1 Å². The highest BCUT2D eigenvalue weighted by atomic mass is 16.4. The number of hydrogen-bond acceptors (Lipinski definition) is 16. The van der Waals surface area contributed by atoms with Crippen molar-refractivity contribution in [2.45, 2.75) is 152 Å². The van der Waals surface area contributed by atoms with Gasteiger partial charge in [-0.2, -0.15) is 0 Å². The zero-order valence-corrected chi connectivity index (χ0v) is 40.1. The Bertz CT molecular complexity index is 2070. The van der Waals surface area contributed by atoms with Crippen LogP contribution in [0.4, 0.5) is 0 Å². The predicted molar refractivity (Wildman–Crippen MR) is 249 cm³/mol. The van der Waals surface area contributed by atoms with Crippen LogP contribution >= 0.6 is 0 Å². The van der Waals surface area contributed by atoms with E-state index < -0.39 is 177 Å². The zero-order chi connectivity index (χ0) is 54.8. The molecule has 1 aromatic carbocycles. The summed E-state index contributed by atoms with van der Waals surface area (Å²) in [5, 5.41) is 74.0. The number of carbonyl (C=O) groups excluding carboxylic acids is 8. The first-order chi connectivity index (χ1) is 33.6. The fourth-order valence-corrected chi connectivity index (χ4v) is 6.75. The van der Waals surface area contributed by atoms with Crippen molar-refractivity contribution in [1.82, 2.24) is 37.2 Å². The number of carbonyl (C=O) groups is 12. The molecule has 0 radical (unpaired) electrons. The van der Waals surface area contributed by atoms with Crippen LogP contribution in [0.25, 0.3) is 0 Å². The lowest BCUT2D eigenvalue weighted by Gasteiger charge is -2.28. The molecule has 0 unspecified atom stereocenters. The van der Waals surface area contributed by atoms with Crippen molar-refractivity contribution in [2.24, 2.45) is 23.1 Å². The Morgan fingerprint density at radius 2 is 0.931 bits per heavy atom. The molecule has 402 valence electrons. The van der Waals surface area contributed by atoms with Crippen molar-refractivity contribution < 1.29 is 88.2 Å². The number of phenols is 1. The van der Waals surface area contributed by atoms with E-state index in [1.165, 1.54) is 24.3 Å². The Labute approximate surface area is 413 Å². The summed E-state index contributed by atoms with van der Waals surface area (Å²) in [6, 6.07) is -8.39. The molecular formula is C44H68N10O18. The highest BCUT2D eigenvalue weighted by molar-refractivity contribution is 5.99. The van der Waals surface area contributed by atoms with Crippen LogP contribution in [0, 0.1) is 5.92 Å². The van der Waals surface area contributed by atoms with Crippen LogP contribution in [0.15, 0.2) is 24.3 Å². The third kappa shape index (κ3) is 24.4. The van der Waals surface area contributed by atoms with Crippen molar-refractivity contribution in [3.8, 4) is 5.75 Å². The van der Waals surface area contributed by atoms with Crippen molar-refractivity contribution in [1.29, 1.82) is 0 Å². The minimum absolute atomic E-state index is 0.0450. The number of aromatic hydroxyl groups is 1. The number of primary amides is 1. The van der Waals surface area contributed by atoms with E-state index in [0.717, 1.165) is 6.92 Å². The van der Waals surface area contributed by atoms with Gasteiger partial charge in [0.1, 0.15) is 48.0 Å². The zero-order valence-electron chi connectivity index (χ0n) is 40.1. The summed E-state index contributed by atoms with van der Waals surface area (Å²) in [7, 11) is 0. The van der Waals surface area contributed by atoms with Gasteiger partial charge >= 0.3 is 23.9 Å². The highest BCUT2D eigenvalue weighted by Crippen LogP contribution is 2.14. The largest absolute Gasteiger partial charge is 0.508 e. The van der Waals surface area contributed by atoms with E-state index in [-0.39, 0.29) is 43.0 Å². The lowest BCUT2D eigenvalue weighted by molar-refractivity contribution is -0.143. The summed E-state index contributed by atoms with van der Waals surface area (Å²) in [6.45, 7) is 4.85. The summed E-state index contributed by atoms with van der Waals surface area (Å²) in [4.78, 5) is 154. The smallest absolute Gasteiger partial charge is 0.326 e. The maximum absolute atomic E-state index is 14.1. The molecule has 0 saturated heterocycles. The molecule has 0 aliphatic heterocycles. The van der Waals surface area contributed by atoms with Gasteiger partial charge in [-0.15, -0.1) is 0 Å². The predicted octanol–water partition coefficient (Wildman–Crippen LogP) is -4.23. The highest BCUT2D eigenvalue weighted by Gasteiger charge is 2.36. The third-order valence-electron chi connectivity index (χ3n) is 10.6. The number of aliphatic hydroxyl groups is 1. The second kappa shape index (κ2) is 31.7. The number of unbranched alkanes of at least 4 members (excludes halogenated alkanes) is 1. The average Bonchev–Trinajstić information content (AvgIpc) is 3.28. The van der Waals surface area contributed by atoms with Crippen LogP contribution in [-0.4, -0.2) is 163 Å². The Morgan fingerprint density at radius 3 is 1.35 bits per heavy atom. The van der Waals surface area contributed by atoms with E-state index in [4.69, 9.17) is 17.2 Å². The molecule has 0 saturated carbocycles. The van der Waals surface area contributed by atoms with Crippen molar-refractivity contribution in [3.63, 3.8) is 0 Å². The number of aliphatic carboxylic acids is 4. The van der Waals surface area contributed by atoms with Gasteiger partial charge in [0.25, 0.3) is 0 Å². The van der Waals surface area contributed by atoms with E-state index in [0.29, 0.717) is 6.42 Å². The standard InChI is InChI=1S/C44H68N10O18/c1-21(2)18-25(46)37(64)48-28(13-16-35(62)63)40(67)54-36(22(3)55)43(70)53-30(19-23-7-9-24(56)10-8-23)41(68)49-27(12-15-34(60)61)39(66)52-31(20-32(47)57)42(69)50-26(11-14-33(58)59)38(65)51-29(44(71)72)6-4-5-17-45/h7-10,21-22,25-31,36,55-56H,4-6,11-20,45-46H2,1-3H3,(H2,47,57)(H,48,64)(H,49,68)(H,50,69)(H,51,65)(H,52,66)(H,53,70)(H,54,67)(H,58,59)(H,60,61)(H,62,63)(H,71,72)/t22-,25+,26+,27+,28+,29+,30+,31+,36+/m1/s1. The molecule has 0 heterocycles. The molecule has 8 amide bonds. The molecule has 28 nitrogen and oxygen atoms in total. The molecule has 0 fully saturated rings. The summed E-state index contributed by atoms with van der Waals surface area (Å²) >= 11 is 0. The Morgan fingerprint density at radius 1 is 0.528 bits per heavy atom. The van der Waals surface area contributed by atoms with Crippen LogP contribution in [0.5, 0.6) is 5.75 Å². The first-order valence-electron chi connectivity index (χ1n) is 22.9. The quantitative estimate of drug-likeness (QED) is 0.0286. The molecule has 1 aromatic rings. The molecule has 0 spiro atoms. The molecule has 0 aliphatic carbocycles. The first-order valence-corrected chi connectivity index (χ1v) is 22.9. The monoisotopic (exact) mass is 1020 g/mol. The lowest BCUT2D eigenvalue weighted by atomic mass is 10.0. The number of rotatable bonds is 35. The number of benzene rings is 1. The van der Waals surface area contributed by atoms with Gasteiger partial charge in [-0.05, 0) is 82.0 Å². The van der Waals surface area contributed by atoms with Crippen LogP contribution in [-0.2, 0) is 64.0 Å². The van der Waals surface area contributed by atoms with Gasteiger partial charge in [0.2, 0.25) is 47.3 Å². The Balaban J connectivity index is 3.60. The van der Waals surface area contributed by atoms with E-state index >= 15 is 0 Å². The van der Waals surface area contributed by atoms with Crippen LogP contribution in [0.2, 0.25) is 0 Å². The van der Waals surface area contributed by atoms with Gasteiger partial charge in [0.05, 0.1) is 18.6 Å². The minimum atomic E-state index is -1.99.